The minimum absolute atomic E-state index is 0. The minimum atomic E-state index is -0.652. The van der Waals surface area contributed by atoms with Gasteiger partial charge in [-0.2, -0.15) is 0 Å². The number of carboxylic acids is 2. The molecule has 0 aliphatic heterocycles. The first-order chi connectivity index (χ1) is 21.5. The molecule has 0 saturated carbocycles. The second kappa shape index (κ2) is 46.3. The van der Waals surface area contributed by atoms with Crippen molar-refractivity contribution in [2.75, 3.05) is 0 Å². The van der Waals surface area contributed by atoms with Crippen LogP contribution in [0.1, 0.15) is 245 Å². The van der Waals surface area contributed by atoms with E-state index in [0.29, 0.717) is 12.8 Å². The fourth-order valence-electron chi connectivity index (χ4n) is 6.00. The predicted octanol–water partition coefficient (Wildman–Crippen LogP) is 13.8. The molecule has 0 heterocycles. The summed E-state index contributed by atoms with van der Waals surface area (Å²) >= 11 is 0. The Hall–Kier alpha value is 0.200. The van der Waals surface area contributed by atoms with E-state index in [1.807, 2.05) is 0 Å². The molecule has 0 saturated heterocycles. The molecular formula is C40H80CaO4. The number of carbonyl (C=O) groups is 2. The van der Waals surface area contributed by atoms with Crippen molar-refractivity contribution in [1.82, 2.24) is 0 Å². The monoisotopic (exact) mass is 665 g/mol. The van der Waals surface area contributed by atoms with Gasteiger partial charge >= 0.3 is 11.9 Å². The summed E-state index contributed by atoms with van der Waals surface area (Å²) in [7, 11) is 0. The van der Waals surface area contributed by atoms with Crippen molar-refractivity contribution in [3.63, 3.8) is 0 Å². The van der Waals surface area contributed by atoms with E-state index in [1.165, 1.54) is 193 Å². The average Bonchev–Trinajstić information content (AvgIpc) is 3.00. The summed E-state index contributed by atoms with van der Waals surface area (Å²) in [5.74, 6) is -1.30. The zero-order chi connectivity index (χ0) is 32.6. The molecule has 0 aliphatic rings. The van der Waals surface area contributed by atoms with Gasteiger partial charge in [0.15, 0.2) is 0 Å². The van der Waals surface area contributed by atoms with Crippen molar-refractivity contribution >= 4 is 49.7 Å². The predicted molar refractivity (Wildman–Crippen MR) is 199 cm³/mol. The standard InChI is InChI=1S/2C20H40O2.Ca/c2*1-2-3-4-5-6-7-8-9-10-11-12-13-14-15-16-17-18-19-20(21)22;/h2*2-19H2,1H3,(H,21,22);. The molecule has 0 unspecified atom stereocenters. The number of hydrogen-bond donors (Lipinski definition) is 2. The van der Waals surface area contributed by atoms with Crippen molar-refractivity contribution in [3.05, 3.63) is 0 Å². The number of rotatable bonds is 36. The zero-order valence-electron chi connectivity index (χ0n) is 30.9. The SMILES string of the molecule is CCCCCCCCCCCCCCCCCCCC(=O)O.CCCCCCCCCCCCCCCCCCCC(=O)O.[Ca]. The molecular weight excluding hydrogens is 585 g/mol. The van der Waals surface area contributed by atoms with Crippen LogP contribution >= 0.6 is 0 Å². The summed E-state index contributed by atoms with van der Waals surface area (Å²) in [5.41, 5.74) is 0. The van der Waals surface area contributed by atoms with Crippen LogP contribution in [0.5, 0.6) is 0 Å². The van der Waals surface area contributed by atoms with Crippen molar-refractivity contribution in [1.29, 1.82) is 0 Å². The van der Waals surface area contributed by atoms with Crippen LogP contribution in [-0.4, -0.2) is 59.9 Å². The molecule has 5 heteroatoms. The molecule has 266 valence electrons. The van der Waals surface area contributed by atoms with E-state index >= 15 is 0 Å². The third-order valence-corrected chi connectivity index (χ3v) is 8.99. The second-order valence-corrected chi connectivity index (χ2v) is 13.6. The van der Waals surface area contributed by atoms with Crippen LogP contribution in [0.15, 0.2) is 0 Å². The van der Waals surface area contributed by atoms with Crippen molar-refractivity contribution in [2.24, 2.45) is 0 Å². The fraction of sp³-hybridized carbons (Fsp3) is 0.950. The van der Waals surface area contributed by atoms with E-state index in [1.54, 1.807) is 0 Å². The number of aliphatic carboxylic acids is 2. The van der Waals surface area contributed by atoms with E-state index in [2.05, 4.69) is 13.8 Å². The van der Waals surface area contributed by atoms with Gasteiger partial charge in [0.05, 0.1) is 0 Å². The van der Waals surface area contributed by atoms with Crippen LogP contribution in [0, 0.1) is 0 Å². The Morgan fingerprint density at radius 3 is 0.556 bits per heavy atom. The van der Waals surface area contributed by atoms with Gasteiger partial charge in [-0.25, -0.2) is 0 Å². The zero-order valence-corrected chi connectivity index (χ0v) is 33.1. The maximum absolute atomic E-state index is 10.4. The van der Waals surface area contributed by atoms with E-state index in [9.17, 15) is 9.59 Å². The van der Waals surface area contributed by atoms with Gasteiger partial charge in [-0.1, -0.05) is 219 Å². The number of carboxylic acid groups (broad SMARTS) is 2. The largest absolute Gasteiger partial charge is 0.481 e. The van der Waals surface area contributed by atoms with Crippen molar-refractivity contribution in [2.45, 2.75) is 245 Å². The summed E-state index contributed by atoms with van der Waals surface area (Å²) in [4.78, 5) is 20.7. The topological polar surface area (TPSA) is 74.6 Å². The first kappa shape index (κ1) is 49.6. The maximum atomic E-state index is 10.4. The van der Waals surface area contributed by atoms with E-state index in [4.69, 9.17) is 10.2 Å². The normalized spacial score (nSPS) is 10.7. The Kier molecular flexibility index (Phi) is 51.0. The molecule has 0 aromatic heterocycles. The minimum Gasteiger partial charge on any atom is -0.481 e. The molecule has 0 amide bonds. The quantitative estimate of drug-likeness (QED) is 0.0516. The molecule has 0 rings (SSSR count). The van der Waals surface area contributed by atoms with Gasteiger partial charge in [-0.15, -0.1) is 0 Å². The molecule has 4 nitrogen and oxygen atoms in total. The maximum Gasteiger partial charge on any atom is 0.303 e. The molecule has 0 aromatic rings. The van der Waals surface area contributed by atoms with E-state index in [-0.39, 0.29) is 37.7 Å². The molecule has 0 atom stereocenters. The van der Waals surface area contributed by atoms with Gasteiger partial charge in [0.2, 0.25) is 0 Å². The molecule has 0 fully saturated rings. The first-order valence-electron chi connectivity index (χ1n) is 20.0. The second-order valence-electron chi connectivity index (χ2n) is 13.6. The molecule has 45 heavy (non-hydrogen) atoms. The van der Waals surface area contributed by atoms with Crippen LogP contribution < -0.4 is 0 Å². The smallest absolute Gasteiger partial charge is 0.303 e. The van der Waals surface area contributed by atoms with Crippen LogP contribution in [0.4, 0.5) is 0 Å². The number of hydrogen-bond acceptors (Lipinski definition) is 2. The van der Waals surface area contributed by atoms with Gasteiger partial charge in [0.1, 0.15) is 0 Å². The Morgan fingerprint density at radius 2 is 0.422 bits per heavy atom. The van der Waals surface area contributed by atoms with Gasteiger partial charge < -0.3 is 10.2 Å². The average molecular weight is 665 g/mol. The molecule has 0 aliphatic carbocycles. The third kappa shape index (κ3) is 53.9. The Bertz CT molecular complexity index is 506. The summed E-state index contributed by atoms with van der Waals surface area (Å²) in [5, 5.41) is 17.1. The Morgan fingerprint density at radius 1 is 0.289 bits per heavy atom. The van der Waals surface area contributed by atoms with E-state index < -0.39 is 11.9 Å². The fourth-order valence-corrected chi connectivity index (χ4v) is 6.00. The van der Waals surface area contributed by atoms with Crippen LogP contribution in [0.2, 0.25) is 0 Å². The van der Waals surface area contributed by atoms with Crippen molar-refractivity contribution < 1.29 is 19.8 Å². The van der Waals surface area contributed by atoms with Gasteiger partial charge in [-0.05, 0) is 12.8 Å². The van der Waals surface area contributed by atoms with Gasteiger partial charge in [0.25, 0.3) is 0 Å². The molecule has 2 N–H and O–H groups in total. The first-order valence-corrected chi connectivity index (χ1v) is 20.0. The van der Waals surface area contributed by atoms with Crippen LogP contribution in [0.25, 0.3) is 0 Å². The molecule has 0 spiro atoms. The van der Waals surface area contributed by atoms with Crippen molar-refractivity contribution in [3.8, 4) is 0 Å². The number of unbranched alkanes of at least 4 members (excludes halogenated alkanes) is 32. The molecule has 0 bridgehead atoms. The van der Waals surface area contributed by atoms with Gasteiger partial charge in [0, 0.05) is 50.6 Å². The molecule has 0 aromatic carbocycles. The summed E-state index contributed by atoms with van der Waals surface area (Å²) in [6, 6.07) is 0. The van der Waals surface area contributed by atoms with E-state index in [0.717, 1.165) is 25.7 Å². The summed E-state index contributed by atoms with van der Waals surface area (Å²) in [6.07, 6.45) is 46.3. The Labute approximate surface area is 312 Å². The Balaban J connectivity index is -0.000000767. The summed E-state index contributed by atoms with van der Waals surface area (Å²) < 4.78 is 0. The van der Waals surface area contributed by atoms with Crippen LogP contribution in [0.3, 0.4) is 0 Å². The summed E-state index contributed by atoms with van der Waals surface area (Å²) in [6.45, 7) is 4.55. The van der Waals surface area contributed by atoms with Crippen LogP contribution in [-0.2, 0) is 9.59 Å². The van der Waals surface area contributed by atoms with Gasteiger partial charge in [-0.3, -0.25) is 9.59 Å². The third-order valence-electron chi connectivity index (χ3n) is 8.99. The molecule has 2 radical (unpaired) electrons.